The van der Waals surface area contributed by atoms with Gasteiger partial charge in [-0.15, -0.1) is 0 Å². The van der Waals surface area contributed by atoms with Gasteiger partial charge in [-0.05, 0) is 30.3 Å². The third kappa shape index (κ3) is 3.33. The quantitative estimate of drug-likeness (QED) is 0.505. The zero-order chi connectivity index (χ0) is 14.4. The topological polar surface area (TPSA) is 94.0 Å². The zero-order valence-corrected chi connectivity index (χ0v) is 10.4. The number of aromatic hydroxyl groups is 1. The van der Waals surface area contributed by atoms with Crippen molar-refractivity contribution in [2.45, 2.75) is 0 Å². The van der Waals surface area contributed by atoms with E-state index in [9.17, 15) is 9.90 Å². The van der Waals surface area contributed by atoms with Crippen LogP contribution in [-0.2, 0) is 0 Å². The molecule has 2 aromatic carbocycles. The van der Waals surface area contributed by atoms with E-state index in [-0.39, 0.29) is 5.75 Å². The summed E-state index contributed by atoms with van der Waals surface area (Å²) in [6.45, 7) is 0. The van der Waals surface area contributed by atoms with Crippen LogP contribution in [0.15, 0.2) is 53.6 Å². The van der Waals surface area contributed by atoms with Crippen molar-refractivity contribution in [3.05, 3.63) is 59.7 Å². The monoisotopic (exact) mass is 271 g/mol. The highest BCUT2D eigenvalue weighted by Gasteiger charge is 2.04. The highest BCUT2D eigenvalue weighted by Crippen LogP contribution is 2.12. The minimum absolute atomic E-state index is 0.0805. The van der Waals surface area contributed by atoms with Crippen LogP contribution in [-0.4, -0.2) is 22.4 Å². The number of phenolic OH excluding ortho intramolecular Hbond substituents is 1. The van der Waals surface area contributed by atoms with Crippen molar-refractivity contribution in [2.75, 3.05) is 5.48 Å². The summed E-state index contributed by atoms with van der Waals surface area (Å²) in [5, 5.41) is 22.0. The van der Waals surface area contributed by atoms with E-state index in [0.29, 0.717) is 16.8 Å². The SMILES string of the molecule is O=C(N/N=C/c1ccccc1O)c1cccc(NO)c1. The van der Waals surface area contributed by atoms with Crippen LogP contribution >= 0.6 is 0 Å². The van der Waals surface area contributed by atoms with Crippen LogP contribution in [0.2, 0.25) is 0 Å². The molecule has 0 heterocycles. The average molecular weight is 271 g/mol. The van der Waals surface area contributed by atoms with E-state index in [1.54, 1.807) is 36.4 Å². The molecule has 0 saturated heterocycles. The van der Waals surface area contributed by atoms with Crippen molar-refractivity contribution in [1.29, 1.82) is 0 Å². The molecule has 0 unspecified atom stereocenters. The fraction of sp³-hybridized carbons (Fsp3) is 0. The Morgan fingerprint density at radius 3 is 2.70 bits per heavy atom. The molecule has 0 atom stereocenters. The predicted molar refractivity (Wildman–Crippen MR) is 75.0 cm³/mol. The number of amides is 1. The first kappa shape index (κ1) is 13.6. The number of anilines is 1. The van der Waals surface area contributed by atoms with Crippen molar-refractivity contribution in [3.8, 4) is 5.75 Å². The number of hydrogen-bond donors (Lipinski definition) is 4. The average Bonchev–Trinajstić information content (AvgIpc) is 2.49. The van der Waals surface area contributed by atoms with Crippen molar-refractivity contribution in [1.82, 2.24) is 5.43 Å². The molecule has 1 amide bonds. The summed E-state index contributed by atoms with van der Waals surface area (Å²) in [5.41, 5.74) is 5.55. The second-order valence-electron chi connectivity index (χ2n) is 3.95. The molecule has 6 nitrogen and oxygen atoms in total. The Hall–Kier alpha value is -2.86. The fourth-order valence-corrected chi connectivity index (χ4v) is 1.55. The maximum atomic E-state index is 11.8. The Morgan fingerprint density at radius 1 is 1.15 bits per heavy atom. The summed E-state index contributed by atoms with van der Waals surface area (Å²) < 4.78 is 0. The first-order valence-electron chi connectivity index (χ1n) is 5.82. The standard InChI is InChI=1S/C14H13N3O3/c18-13-7-2-1-4-11(13)9-15-16-14(19)10-5-3-6-12(8-10)17-20/h1-9,17-18,20H,(H,16,19)/b15-9+. The van der Waals surface area contributed by atoms with Crippen LogP contribution in [0, 0.1) is 0 Å². The van der Waals surface area contributed by atoms with E-state index in [4.69, 9.17) is 5.21 Å². The molecule has 2 rings (SSSR count). The lowest BCUT2D eigenvalue weighted by molar-refractivity contribution is 0.0955. The normalized spacial score (nSPS) is 10.4. The molecule has 2 aromatic rings. The molecule has 0 aliphatic rings. The molecule has 0 radical (unpaired) electrons. The van der Waals surface area contributed by atoms with Gasteiger partial charge in [0, 0.05) is 11.1 Å². The molecular formula is C14H13N3O3. The summed E-state index contributed by atoms with van der Waals surface area (Å²) in [6, 6.07) is 12.9. The molecule has 20 heavy (non-hydrogen) atoms. The molecule has 0 spiro atoms. The third-order valence-electron chi connectivity index (χ3n) is 2.56. The number of phenols is 1. The van der Waals surface area contributed by atoms with E-state index in [0.717, 1.165) is 0 Å². The molecule has 0 saturated carbocycles. The van der Waals surface area contributed by atoms with Crippen LogP contribution in [0.1, 0.15) is 15.9 Å². The minimum Gasteiger partial charge on any atom is -0.507 e. The highest BCUT2D eigenvalue weighted by atomic mass is 16.5. The van der Waals surface area contributed by atoms with Gasteiger partial charge in [0.05, 0.1) is 11.9 Å². The van der Waals surface area contributed by atoms with E-state index < -0.39 is 5.91 Å². The van der Waals surface area contributed by atoms with Gasteiger partial charge in [0.2, 0.25) is 0 Å². The van der Waals surface area contributed by atoms with E-state index in [1.807, 2.05) is 5.48 Å². The number of carbonyl (C=O) groups is 1. The molecule has 0 aliphatic heterocycles. The Bertz CT molecular complexity index is 641. The Morgan fingerprint density at radius 2 is 1.95 bits per heavy atom. The summed E-state index contributed by atoms with van der Waals surface area (Å²) in [6.07, 6.45) is 1.35. The van der Waals surface area contributed by atoms with Gasteiger partial charge >= 0.3 is 0 Å². The van der Waals surface area contributed by atoms with Crippen molar-refractivity contribution < 1.29 is 15.1 Å². The number of carbonyl (C=O) groups excluding carboxylic acids is 1. The van der Waals surface area contributed by atoms with Gasteiger partial charge in [-0.25, -0.2) is 5.43 Å². The highest BCUT2D eigenvalue weighted by molar-refractivity contribution is 5.95. The van der Waals surface area contributed by atoms with Gasteiger partial charge in [-0.1, -0.05) is 18.2 Å². The van der Waals surface area contributed by atoms with Crippen molar-refractivity contribution >= 4 is 17.8 Å². The first-order chi connectivity index (χ1) is 9.70. The molecule has 0 bridgehead atoms. The largest absolute Gasteiger partial charge is 0.507 e. The molecule has 102 valence electrons. The van der Waals surface area contributed by atoms with Gasteiger partial charge < -0.3 is 5.11 Å². The Labute approximate surface area is 115 Å². The number of para-hydroxylation sites is 1. The van der Waals surface area contributed by atoms with E-state index in [1.165, 1.54) is 18.3 Å². The van der Waals surface area contributed by atoms with Gasteiger partial charge in [-0.3, -0.25) is 15.5 Å². The third-order valence-corrected chi connectivity index (χ3v) is 2.56. The number of nitrogens with one attached hydrogen (secondary N) is 2. The summed E-state index contributed by atoms with van der Waals surface area (Å²) in [4.78, 5) is 11.8. The van der Waals surface area contributed by atoms with Gasteiger partial charge in [0.25, 0.3) is 5.91 Å². The number of hydrogen-bond acceptors (Lipinski definition) is 5. The van der Waals surface area contributed by atoms with Crippen molar-refractivity contribution in [2.24, 2.45) is 5.10 Å². The molecular weight excluding hydrogens is 258 g/mol. The van der Waals surface area contributed by atoms with Gasteiger partial charge in [-0.2, -0.15) is 5.10 Å². The Balaban J connectivity index is 2.03. The second-order valence-corrected chi connectivity index (χ2v) is 3.95. The summed E-state index contributed by atoms with van der Waals surface area (Å²) in [5.74, 6) is -0.342. The van der Waals surface area contributed by atoms with Crippen molar-refractivity contribution in [3.63, 3.8) is 0 Å². The lowest BCUT2D eigenvalue weighted by Crippen LogP contribution is -2.17. The lowest BCUT2D eigenvalue weighted by atomic mass is 10.2. The molecule has 6 heteroatoms. The second kappa shape index (κ2) is 6.35. The number of benzene rings is 2. The lowest BCUT2D eigenvalue weighted by Gasteiger charge is -2.02. The predicted octanol–water partition coefficient (Wildman–Crippen LogP) is 1.96. The zero-order valence-electron chi connectivity index (χ0n) is 10.4. The van der Waals surface area contributed by atoms with E-state index in [2.05, 4.69) is 10.5 Å². The maximum Gasteiger partial charge on any atom is 0.271 e. The van der Waals surface area contributed by atoms with E-state index >= 15 is 0 Å². The Kier molecular flexibility index (Phi) is 4.31. The maximum absolute atomic E-state index is 11.8. The smallest absolute Gasteiger partial charge is 0.271 e. The molecule has 4 N–H and O–H groups in total. The summed E-state index contributed by atoms with van der Waals surface area (Å²) in [7, 11) is 0. The van der Waals surface area contributed by atoms with Crippen LogP contribution < -0.4 is 10.9 Å². The summed E-state index contributed by atoms with van der Waals surface area (Å²) >= 11 is 0. The molecule has 0 aliphatic carbocycles. The van der Waals surface area contributed by atoms with Crippen LogP contribution in [0.4, 0.5) is 5.69 Å². The molecule has 0 fully saturated rings. The molecule has 0 aromatic heterocycles. The van der Waals surface area contributed by atoms with Gasteiger partial charge in [0.15, 0.2) is 0 Å². The van der Waals surface area contributed by atoms with Crippen LogP contribution in [0.5, 0.6) is 5.75 Å². The number of rotatable bonds is 4. The number of nitrogens with zero attached hydrogens (tertiary/aromatic N) is 1. The fourth-order valence-electron chi connectivity index (χ4n) is 1.55. The van der Waals surface area contributed by atoms with Crippen LogP contribution in [0.25, 0.3) is 0 Å². The first-order valence-corrected chi connectivity index (χ1v) is 5.82. The van der Waals surface area contributed by atoms with Crippen LogP contribution in [0.3, 0.4) is 0 Å². The van der Waals surface area contributed by atoms with Gasteiger partial charge in [0.1, 0.15) is 5.75 Å². The number of hydrazone groups is 1. The minimum atomic E-state index is -0.422.